The van der Waals surface area contributed by atoms with Crippen LogP contribution >= 0.6 is 23.8 Å². The third-order valence-corrected chi connectivity index (χ3v) is 7.45. The highest BCUT2D eigenvalue weighted by atomic mass is 35.5. The second-order valence-electron chi connectivity index (χ2n) is 9.01. The third kappa shape index (κ3) is 3.97. The summed E-state index contributed by atoms with van der Waals surface area (Å²) in [6.07, 6.45) is 1.79. The molecule has 0 unspecified atom stereocenters. The lowest BCUT2D eigenvalue weighted by molar-refractivity contribution is 0.472. The predicted molar refractivity (Wildman–Crippen MR) is 146 cm³/mol. The van der Waals surface area contributed by atoms with Crippen molar-refractivity contribution >= 4 is 34.6 Å². The highest BCUT2D eigenvalue weighted by Crippen LogP contribution is 2.46. The maximum absolute atomic E-state index is 10.8. The minimum absolute atomic E-state index is 0.119. The van der Waals surface area contributed by atoms with Gasteiger partial charge in [-0.1, -0.05) is 29.8 Å². The van der Waals surface area contributed by atoms with E-state index in [0.29, 0.717) is 15.8 Å². The molecule has 1 aliphatic heterocycles. The second kappa shape index (κ2) is 9.02. The number of anilines is 1. The van der Waals surface area contributed by atoms with Crippen molar-refractivity contribution in [1.29, 1.82) is 0 Å². The normalized spacial score (nSPS) is 17.6. The fourth-order valence-electron chi connectivity index (χ4n) is 5.06. The van der Waals surface area contributed by atoms with Crippen molar-refractivity contribution in [2.45, 2.75) is 39.8 Å². The van der Waals surface area contributed by atoms with E-state index in [9.17, 15) is 5.11 Å². The number of thiocarbonyl (C=S) groups is 1. The number of nitrogens with zero attached hydrogens (tertiary/aromatic N) is 3. The molecule has 0 radical (unpaired) electrons. The molecule has 0 aliphatic carbocycles. The van der Waals surface area contributed by atoms with Gasteiger partial charge in [-0.25, -0.2) is 0 Å². The zero-order valence-electron chi connectivity index (χ0n) is 20.1. The first-order chi connectivity index (χ1) is 16.8. The molecule has 5 rings (SSSR count). The first kappa shape index (κ1) is 23.4. The molecular formula is C28H27ClN4OS. The molecule has 35 heavy (non-hydrogen) atoms. The quantitative estimate of drug-likeness (QED) is 0.306. The van der Waals surface area contributed by atoms with Crippen LogP contribution in [0, 0.1) is 27.7 Å². The molecule has 3 heterocycles. The molecule has 5 nitrogen and oxygen atoms in total. The largest absolute Gasteiger partial charge is 0.506 e. The highest BCUT2D eigenvalue weighted by Gasteiger charge is 2.43. The maximum Gasteiger partial charge on any atom is 0.174 e. The van der Waals surface area contributed by atoms with Gasteiger partial charge in [-0.2, -0.15) is 0 Å². The number of pyridine rings is 1. The third-order valence-electron chi connectivity index (χ3n) is 6.90. The van der Waals surface area contributed by atoms with Gasteiger partial charge in [-0.05, 0) is 99.1 Å². The Labute approximate surface area is 216 Å². The number of hydrogen-bond donors (Lipinski definition) is 2. The number of rotatable bonds is 4. The molecule has 0 bridgehead atoms. The lowest BCUT2D eigenvalue weighted by Gasteiger charge is -2.29. The van der Waals surface area contributed by atoms with E-state index in [4.69, 9.17) is 23.8 Å². The van der Waals surface area contributed by atoms with Crippen LogP contribution in [0.2, 0.25) is 5.02 Å². The molecule has 7 heteroatoms. The second-order valence-corrected chi connectivity index (χ2v) is 9.83. The number of hydrogen-bond acceptors (Lipinski definition) is 3. The van der Waals surface area contributed by atoms with Gasteiger partial charge in [-0.15, -0.1) is 0 Å². The summed E-state index contributed by atoms with van der Waals surface area (Å²) in [5.74, 6) is 0.119. The Morgan fingerprint density at radius 2 is 1.77 bits per heavy atom. The van der Waals surface area contributed by atoms with Crippen LogP contribution < -0.4 is 10.2 Å². The van der Waals surface area contributed by atoms with Crippen molar-refractivity contribution in [3.05, 3.63) is 106 Å². The standard InChI is InChI=1S/C28H27ClN4OS/c1-16-8-7-10-23(18(16)3)32-17(2)14-21(19(32)4)27-26(22-9-5-6-13-30-22)31-28(35)33(27)24-15-20(29)11-12-25(24)34/h5-15,26-27,34H,1-4H3,(H,31,35)/t26-,27-/m1/s1. The van der Waals surface area contributed by atoms with Crippen LogP contribution in [0.25, 0.3) is 5.69 Å². The van der Waals surface area contributed by atoms with E-state index in [1.807, 2.05) is 23.1 Å². The van der Waals surface area contributed by atoms with Gasteiger partial charge in [-0.3, -0.25) is 4.98 Å². The molecule has 2 aromatic heterocycles. The molecule has 4 aromatic rings. The molecule has 2 aromatic carbocycles. The summed E-state index contributed by atoms with van der Waals surface area (Å²) >= 11 is 12.2. The number of nitrogens with one attached hydrogen (secondary N) is 1. The van der Waals surface area contributed by atoms with E-state index < -0.39 is 0 Å². The van der Waals surface area contributed by atoms with Crippen LogP contribution in [0.3, 0.4) is 0 Å². The summed E-state index contributed by atoms with van der Waals surface area (Å²) in [6.45, 7) is 8.55. The Hall–Kier alpha value is -3.35. The molecule has 0 amide bonds. The van der Waals surface area contributed by atoms with E-state index >= 15 is 0 Å². The lowest BCUT2D eigenvalue weighted by Crippen LogP contribution is -2.29. The first-order valence-electron chi connectivity index (χ1n) is 11.5. The molecule has 1 aliphatic rings. The Balaban J connectivity index is 1.73. The van der Waals surface area contributed by atoms with Crippen LogP contribution in [0.15, 0.2) is 66.9 Å². The minimum Gasteiger partial charge on any atom is -0.506 e. The Kier molecular flexibility index (Phi) is 6.03. The van der Waals surface area contributed by atoms with Crippen molar-refractivity contribution in [3.8, 4) is 11.4 Å². The summed E-state index contributed by atoms with van der Waals surface area (Å²) in [4.78, 5) is 6.60. The van der Waals surface area contributed by atoms with Gasteiger partial charge in [0, 0.05) is 28.3 Å². The number of phenols is 1. The van der Waals surface area contributed by atoms with Crippen LogP contribution in [-0.4, -0.2) is 19.8 Å². The predicted octanol–water partition coefficient (Wildman–Crippen LogP) is 6.64. The van der Waals surface area contributed by atoms with Gasteiger partial charge < -0.3 is 19.9 Å². The first-order valence-corrected chi connectivity index (χ1v) is 12.3. The SMILES string of the molecule is Cc1cccc(-n2c(C)cc([C@@H]3[C@@H](c4ccccn4)NC(=S)N3c3cc(Cl)ccc3O)c2C)c1C. The van der Waals surface area contributed by atoms with Crippen LogP contribution in [0.1, 0.15) is 45.9 Å². The number of aromatic hydroxyl groups is 1. The van der Waals surface area contributed by atoms with E-state index in [2.05, 4.69) is 66.8 Å². The minimum atomic E-state index is -0.244. The monoisotopic (exact) mass is 502 g/mol. The van der Waals surface area contributed by atoms with E-state index in [1.54, 1.807) is 24.4 Å². The van der Waals surface area contributed by atoms with E-state index in [0.717, 1.165) is 28.3 Å². The number of aryl methyl sites for hydroxylation is 2. The topological polar surface area (TPSA) is 53.3 Å². The van der Waals surface area contributed by atoms with Crippen molar-refractivity contribution < 1.29 is 5.11 Å². The smallest absolute Gasteiger partial charge is 0.174 e. The van der Waals surface area contributed by atoms with Crippen LogP contribution in [0.5, 0.6) is 5.75 Å². The summed E-state index contributed by atoms with van der Waals surface area (Å²) in [7, 11) is 0. The van der Waals surface area contributed by atoms with Crippen molar-refractivity contribution in [3.63, 3.8) is 0 Å². The molecule has 0 saturated carbocycles. The van der Waals surface area contributed by atoms with Crippen molar-refractivity contribution in [2.75, 3.05) is 4.90 Å². The van der Waals surface area contributed by atoms with Gasteiger partial charge in [0.2, 0.25) is 0 Å². The van der Waals surface area contributed by atoms with Gasteiger partial charge in [0.25, 0.3) is 0 Å². The summed E-state index contributed by atoms with van der Waals surface area (Å²) in [5, 5.41) is 15.3. The lowest BCUT2D eigenvalue weighted by atomic mass is 9.96. The Morgan fingerprint density at radius 3 is 2.51 bits per heavy atom. The highest BCUT2D eigenvalue weighted by molar-refractivity contribution is 7.80. The molecule has 1 saturated heterocycles. The summed E-state index contributed by atoms with van der Waals surface area (Å²) in [6, 6.07) is 19.0. The molecule has 2 N–H and O–H groups in total. The average Bonchev–Trinajstić information content (AvgIpc) is 3.33. The summed E-state index contributed by atoms with van der Waals surface area (Å²) in [5.41, 5.74) is 8.43. The molecular weight excluding hydrogens is 476 g/mol. The average molecular weight is 503 g/mol. The van der Waals surface area contributed by atoms with Gasteiger partial charge in [0.05, 0.1) is 23.5 Å². The Bertz CT molecular complexity index is 1430. The van der Waals surface area contributed by atoms with Crippen LogP contribution in [-0.2, 0) is 0 Å². The number of phenolic OH excluding ortho intramolecular Hbond substituents is 1. The zero-order chi connectivity index (χ0) is 24.9. The van der Waals surface area contributed by atoms with Crippen molar-refractivity contribution in [2.24, 2.45) is 0 Å². The fraction of sp³-hybridized carbons (Fsp3) is 0.214. The van der Waals surface area contributed by atoms with Crippen LogP contribution in [0.4, 0.5) is 5.69 Å². The Morgan fingerprint density at radius 1 is 0.971 bits per heavy atom. The van der Waals surface area contributed by atoms with Crippen molar-refractivity contribution in [1.82, 2.24) is 14.9 Å². The zero-order valence-corrected chi connectivity index (χ0v) is 21.7. The number of aromatic nitrogens is 2. The van der Waals surface area contributed by atoms with Gasteiger partial charge in [0.15, 0.2) is 5.11 Å². The maximum atomic E-state index is 10.8. The van der Waals surface area contributed by atoms with E-state index in [-0.39, 0.29) is 17.8 Å². The fourth-order valence-corrected chi connectivity index (χ4v) is 5.56. The number of halogens is 1. The molecule has 1 fully saturated rings. The number of benzene rings is 2. The summed E-state index contributed by atoms with van der Waals surface area (Å²) < 4.78 is 2.30. The van der Waals surface area contributed by atoms with E-state index in [1.165, 1.54) is 11.1 Å². The molecule has 178 valence electrons. The van der Waals surface area contributed by atoms with Gasteiger partial charge in [0.1, 0.15) is 5.75 Å². The molecule has 0 spiro atoms. The molecule has 2 atom stereocenters. The van der Waals surface area contributed by atoms with Gasteiger partial charge >= 0.3 is 0 Å².